The molecule has 3 heteroatoms. The Balaban J connectivity index is 1.70. The Morgan fingerprint density at radius 1 is 1.41 bits per heavy atom. The maximum Gasteiger partial charge on any atom is 0.123 e. The highest BCUT2D eigenvalue weighted by Gasteiger charge is 2.13. The van der Waals surface area contributed by atoms with E-state index in [1.54, 1.807) is 7.11 Å². The SMILES string of the molecule is COc1ccccc1CNCCC1CCNC1. The molecule has 0 aliphatic carbocycles. The summed E-state index contributed by atoms with van der Waals surface area (Å²) in [5, 5.41) is 6.90. The molecule has 1 fully saturated rings. The first-order chi connectivity index (χ1) is 8.40. The molecule has 0 amide bonds. The average molecular weight is 234 g/mol. The zero-order valence-corrected chi connectivity index (χ0v) is 10.5. The van der Waals surface area contributed by atoms with Crippen molar-refractivity contribution in [2.75, 3.05) is 26.7 Å². The van der Waals surface area contributed by atoms with Gasteiger partial charge in [-0.2, -0.15) is 0 Å². The summed E-state index contributed by atoms with van der Waals surface area (Å²) in [6, 6.07) is 8.19. The van der Waals surface area contributed by atoms with Crippen LogP contribution in [-0.4, -0.2) is 26.7 Å². The van der Waals surface area contributed by atoms with Crippen molar-refractivity contribution in [1.82, 2.24) is 10.6 Å². The first kappa shape index (κ1) is 12.4. The van der Waals surface area contributed by atoms with Crippen molar-refractivity contribution in [3.05, 3.63) is 29.8 Å². The third-order valence-corrected chi connectivity index (χ3v) is 3.40. The summed E-state index contributed by atoms with van der Waals surface area (Å²) in [6.07, 6.45) is 2.60. The Kier molecular flexibility index (Phi) is 4.83. The van der Waals surface area contributed by atoms with Crippen molar-refractivity contribution in [3.63, 3.8) is 0 Å². The Labute approximate surface area is 104 Å². The number of hydrogen-bond acceptors (Lipinski definition) is 3. The van der Waals surface area contributed by atoms with Crippen LogP contribution in [0.2, 0.25) is 0 Å². The zero-order chi connectivity index (χ0) is 11.9. The Morgan fingerprint density at radius 3 is 3.06 bits per heavy atom. The maximum absolute atomic E-state index is 5.33. The lowest BCUT2D eigenvalue weighted by Crippen LogP contribution is -2.19. The van der Waals surface area contributed by atoms with E-state index >= 15 is 0 Å². The normalized spacial score (nSPS) is 19.5. The van der Waals surface area contributed by atoms with E-state index in [0.717, 1.165) is 24.8 Å². The van der Waals surface area contributed by atoms with E-state index in [1.165, 1.54) is 31.5 Å². The van der Waals surface area contributed by atoms with E-state index in [4.69, 9.17) is 4.74 Å². The van der Waals surface area contributed by atoms with Crippen LogP contribution in [0.15, 0.2) is 24.3 Å². The Bertz CT molecular complexity index is 335. The highest BCUT2D eigenvalue weighted by atomic mass is 16.5. The molecular weight excluding hydrogens is 212 g/mol. The monoisotopic (exact) mass is 234 g/mol. The van der Waals surface area contributed by atoms with Crippen LogP contribution in [0.25, 0.3) is 0 Å². The first-order valence-corrected chi connectivity index (χ1v) is 6.43. The van der Waals surface area contributed by atoms with Gasteiger partial charge in [0.2, 0.25) is 0 Å². The molecule has 1 saturated heterocycles. The second kappa shape index (κ2) is 6.62. The van der Waals surface area contributed by atoms with Gasteiger partial charge in [0.1, 0.15) is 5.75 Å². The second-order valence-electron chi connectivity index (χ2n) is 4.64. The molecule has 2 N–H and O–H groups in total. The molecular formula is C14H22N2O. The van der Waals surface area contributed by atoms with Gasteiger partial charge in [-0.15, -0.1) is 0 Å². The van der Waals surface area contributed by atoms with Crippen LogP contribution in [0, 0.1) is 5.92 Å². The average Bonchev–Trinajstić information content (AvgIpc) is 2.88. The number of nitrogens with one attached hydrogen (secondary N) is 2. The Hall–Kier alpha value is -1.06. The molecule has 94 valence electrons. The van der Waals surface area contributed by atoms with Crippen molar-refractivity contribution in [2.45, 2.75) is 19.4 Å². The maximum atomic E-state index is 5.33. The van der Waals surface area contributed by atoms with Crippen molar-refractivity contribution in [2.24, 2.45) is 5.92 Å². The molecule has 0 bridgehead atoms. The van der Waals surface area contributed by atoms with Gasteiger partial charge in [-0.25, -0.2) is 0 Å². The molecule has 1 heterocycles. The first-order valence-electron chi connectivity index (χ1n) is 6.43. The van der Waals surface area contributed by atoms with Gasteiger partial charge in [-0.05, 0) is 44.5 Å². The molecule has 0 aromatic heterocycles. The van der Waals surface area contributed by atoms with Gasteiger partial charge in [0.25, 0.3) is 0 Å². The van der Waals surface area contributed by atoms with Gasteiger partial charge in [-0.1, -0.05) is 18.2 Å². The standard InChI is InChI=1S/C14H22N2O/c1-17-14-5-3-2-4-13(14)11-16-9-7-12-6-8-15-10-12/h2-5,12,15-16H,6-11H2,1H3. The van der Waals surface area contributed by atoms with Crippen molar-refractivity contribution in [3.8, 4) is 5.75 Å². The largest absolute Gasteiger partial charge is 0.496 e. The molecule has 1 aliphatic heterocycles. The molecule has 1 aromatic carbocycles. The number of hydrogen-bond donors (Lipinski definition) is 2. The molecule has 1 aromatic rings. The zero-order valence-electron chi connectivity index (χ0n) is 10.5. The molecule has 17 heavy (non-hydrogen) atoms. The molecule has 2 rings (SSSR count). The number of para-hydroxylation sites is 1. The van der Waals surface area contributed by atoms with E-state index in [1.807, 2.05) is 12.1 Å². The van der Waals surface area contributed by atoms with Crippen LogP contribution in [0.5, 0.6) is 5.75 Å². The van der Waals surface area contributed by atoms with Crippen molar-refractivity contribution in [1.29, 1.82) is 0 Å². The molecule has 1 unspecified atom stereocenters. The van der Waals surface area contributed by atoms with E-state index in [9.17, 15) is 0 Å². The van der Waals surface area contributed by atoms with Gasteiger partial charge >= 0.3 is 0 Å². The quantitative estimate of drug-likeness (QED) is 0.736. The van der Waals surface area contributed by atoms with Gasteiger partial charge < -0.3 is 15.4 Å². The van der Waals surface area contributed by atoms with E-state index in [2.05, 4.69) is 22.8 Å². The fraction of sp³-hybridized carbons (Fsp3) is 0.571. The minimum atomic E-state index is 0.861. The van der Waals surface area contributed by atoms with Gasteiger partial charge in [0, 0.05) is 12.1 Å². The Morgan fingerprint density at radius 2 is 2.29 bits per heavy atom. The van der Waals surface area contributed by atoms with E-state index in [0.29, 0.717) is 0 Å². The predicted octanol–water partition coefficient (Wildman–Crippen LogP) is 1.78. The number of benzene rings is 1. The lowest BCUT2D eigenvalue weighted by molar-refractivity contribution is 0.406. The van der Waals surface area contributed by atoms with Gasteiger partial charge in [0.05, 0.1) is 7.11 Å². The molecule has 0 spiro atoms. The lowest BCUT2D eigenvalue weighted by atomic mass is 10.1. The second-order valence-corrected chi connectivity index (χ2v) is 4.64. The van der Waals surface area contributed by atoms with Crippen molar-refractivity contribution < 1.29 is 4.74 Å². The van der Waals surface area contributed by atoms with Crippen LogP contribution >= 0.6 is 0 Å². The van der Waals surface area contributed by atoms with Crippen LogP contribution in [-0.2, 0) is 6.54 Å². The lowest BCUT2D eigenvalue weighted by Gasteiger charge is -2.11. The highest BCUT2D eigenvalue weighted by Crippen LogP contribution is 2.17. The predicted molar refractivity (Wildman–Crippen MR) is 70.3 cm³/mol. The smallest absolute Gasteiger partial charge is 0.123 e. The van der Waals surface area contributed by atoms with E-state index in [-0.39, 0.29) is 0 Å². The summed E-state index contributed by atoms with van der Waals surface area (Å²) in [5.74, 6) is 1.84. The summed E-state index contributed by atoms with van der Waals surface area (Å²) >= 11 is 0. The number of ether oxygens (including phenoxy) is 1. The minimum Gasteiger partial charge on any atom is -0.496 e. The van der Waals surface area contributed by atoms with Crippen LogP contribution in [0.1, 0.15) is 18.4 Å². The fourth-order valence-electron chi connectivity index (χ4n) is 2.34. The molecule has 0 saturated carbocycles. The number of methoxy groups -OCH3 is 1. The molecule has 0 radical (unpaired) electrons. The summed E-state index contributed by atoms with van der Waals surface area (Å²) < 4.78 is 5.33. The highest BCUT2D eigenvalue weighted by molar-refractivity contribution is 5.32. The summed E-state index contributed by atoms with van der Waals surface area (Å²) in [6.45, 7) is 4.36. The molecule has 1 aliphatic rings. The van der Waals surface area contributed by atoms with Gasteiger partial charge in [0.15, 0.2) is 0 Å². The summed E-state index contributed by atoms with van der Waals surface area (Å²) in [5.41, 5.74) is 1.24. The topological polar surface area (TPSA) is 33.3 Å². The van der Waals surface area contributed by atoms with Crippen molar-refractivity contribution >= 4 is 0 Å². The summed E-state index contributed by atoms with van der Waals surface area (Å²) in [4.78, 5) is 0. The third kappa shape index (κ3) is 3.72. The molecule has 3 nitrogen and oxygen atoms in total. The van der Waals surface area contributed by atoms with Crippen LogP contribution in [0.4, 0.5) is 0 Å². The van der Waals surface area contributed by atoms with Crippen LogP contribution < -0.4 is 15.4 Å². The third-order valence-electron chi connectivity index (χ3n) is 3.40. The van der Waals surface area contributed by atoms with Gasteiger partial charge in [-0.3, -0.25) is 0 Å². The minimum absolute atomic E-state index is 0.861. The van der Waals surface area contributed by atoms with E-state index < -0.39 is 0 Å². The number of rotatable bonds is 6. The van der Waals surface area contributed by atoms with Crippen LogP contribution in [0.3, 0.4) is 0 Å². The fourth-order valence-corrected chi connectivity index (χ4v) is 2.34. The summed E-state index contributed by atoms with van der Waals surface area (Å²) in [7, 11) is 1.73. The molecule has 1 atom stereocenters.